The maximum Gasteiger partial charge on any atom is 0.0716 e. The highest BCUT2D eigenvalue weighted by Gasteiger charge is 2.48. The molecule has 0 nitrogen and oxygen atoms in total. The van der Waals surface area contributed by atoms with Crippen molar-refractivity contribution in [1.82, 2.24) is 0 Å². The lowest BCUT2D eigenvalue weighted by Gasteiger charge is -2.37. The monoisotopic (exact) mass is 381 g/mol. The second kappa shape index (κ2) is 6.46. The summed E-state index contributed by atoms with van der Waals surface area (Å²) in [5.74, 6) is 0. The van der Waals surface area contributed by atoms with Gasteiger partial charge in [0.05, 0.1) is 15.0 Å². The third-order valence-corrected chi connectivity index (χ3v) is 5.73. The molecule has 0 fully saturated rings. The Bertz CT molecular complexity index is 1480. The Kier molecular flexibility index (Phi) is 2.62. The van der Waals surface area contributed by atoms with Gasteiger partial charge in [-0.25, -0.2) is 0 Å². The van der Waals surface area contributed by atoms with Crippen LogP contribution >= 0.6 is 0 Å². The lowest BCUT2D eigenvalue weighted by molar-refractivity contribution is 0.572. The van der Waals surface area contributed by atoms with E-state index in [2.05, 4.69) is 0 Å². The highest BCUT2D eigenvalue weighted by molar-refractivity contribution is 5.87. The van der Waals surface area contributed by atoms with Crippen LogP contribution in [0.2, 0.25) is 0 Å². The van der Waals surface area contributed by atoms with Crippen LogP contribution < -0.4 is 0 Å². The average Bonchev–Trinajstić information content (AvgIpc) is 3.17. The molecule has 29 heavy (non-hydrogen) atoms. The second-order valence-corrected chi connectivity index (χ2v) is 8.48. The van der Waals surface area contributed by atoms with Crippen LogP contribution in [-0.2, 0) is 10.8 Å². The fourth-order valence-electron chi connectivity index (χ4n) is 4.56. The molecule has 0 aliphatic heterocycles. The van der Waals surface area contributed by atoms with Crippen molar-refractivity contribution in [2.75, 3.05) is 0 Å². The molecule has 0 amide bonds. The van der Waals surface area contributed by atoms with Gasteiger partial charge in [0.25, 0.3) is 0 Å². The van der Waals surface area contributed by atoms with E-state index in [-0.39, 0.29) is 47.9 Å². The van der Waals surface area contributed by atoms with E-state index in [1.54, 1.807) is 0 Å². The van der Waals surface area contributed by atoms with Gasteiger partial charge in [-0.05, 0) is 44.4 Å². The van der Waals surface area contributed by atoms with Crippen LogP contribution in [0.15, 0.2) is 103 Å². The Morgan fingerprint density at radius 3 is 1.79 bits per heavy atom. The van der Waals surface area contributed by atoms with Gasteiger partial charge in [-0.15, -0.1) is 0 Å². The highest BCUT2D eigenvalue weighted by atomic mass is 14.5. The molecule has 142 valence electrons. The van der Waals surface area contributed by atoms with Crippen LogP contribution in [0.3, 0.4) is 0 Å². The van der Waals surface area contributed by atoms with E-state index < -0.39 is 10.8 Å². The van der Waals surface area contributed by atoms with Crippen molar-refractivity contribution >= 4 is 0 Å². The topological polar surface area (TPSA) is 0 Å². The fourth-order valence-corrected chi connectivity index (χ4v) is 4.56. The van der Waals surface area contributed by atoms with Gasteiger partial charge in [-0.2, -0.15) is 0 Å². The summed E-state index contributed by atoms with van der Waals surface area (Å²) < 4.78 is 61.6. The first-order chi connectivity index (χ1) is 17.0. The van der Waals surface area contributed by atoms with Crippen LogP contribution in [0, 0.1) is 0 Å². The van der Waals surface area contributed by atoms with E-state index in [1.807, 2.05) is 81.4 Å². The van der Waals surface area contributed by atoms with Gasteiger partial charge in [-0.1, -0.05) is 124 Å². The standard InChI is InChI=1S/C29H26/c1-28(2,3)26-20-12-18-24-23-17-10-11-19-25(23)29(27(24)26,21-13-6-4-7-14-21)22-15-8-5-9-16-22/h4-20H,1-3H3/i10D,11D,12D,17D,18D,19D,20D. The molecule has 0 bridgehead atoms. The summed E-state index contributed by atoms with van der Waals surface area (Å²) in [5.41, 5.74) is 1.84. The third-order valence-electron chi connectivity index (χ3n) is 5.73. The summed E-state index contributed by atoms with van der Waals surface area (Å²) in [7, 11) is 0. The summed E-state index contributed by atoms with van der Waals surface area (Å²) in [5, 5.41) is 0. The largest absolute Gasteiger partial charge is 0.0716 e. The van der Waals surface area contributed by atoms with Gasteiger partial charge in [0.2, 0.25) is 0 Å². The number of hydrogen-bond acceptors (Lipinski definition) is 0. The molecule has 0 unspecified atom stereocenters. The predicted molar refractivity (Wildman–Crippen MR) is 122 cm³/mol. The van der Waals surface area contributed by atoms with Gasteiger partial charge < -0.3 is 0 Å². The van der Waals surface area contributed by atoms with Crippen molar-refractivity contribution < 1.29 is 9.60 Å². The Labute approximate surface area is 183 Å². The zero-order valence-corrected chi connectivity index (χ0v) is 16.8. The quantitative estimate of drug-likeness (QED) is 0.300. The molecule has 5 rings (SSSR count). The van der Waals surface area contributed by atoms with Crippen molar-refractivity contribution in [3.8, 4) is 11.1 Å². The Hall–Kier alpha value is -3.12. The zero-order chi connectivity index (χ0) is 26.2. The molecule has 0 heteroatoms. The first-order valence-corrected chi connectivity index (χ1v) is 9.82. The van der Waals surface area contributed by atoms with Gasteiger partial charge in [0, 0.05) is 0 Å². The molecule has 0 heterocycles. The van der Waals surface area contributed by atoms with Crippen molar-refractivity contribution in [1.29, 1.82) is 0 Å². The van der Waals surface area contributed by atoms with Crippen molar-refractivity contribution in [2.24, 2.45) is 0 Å². The van der Waals surface area contributed by atoms with Gasteiger partial charge in [-0.3, -0.25) is 0 Å². The fraction of sp³-hybridized carbons (Fsp3) is 0.172. The van der Waals surface area contributed by atoms with Crippen molar-refractivity contribution in [3.63, 3.8) is 0 Å². The van der Waals surface area contributed by atoms with Gasteiger partial charge in [0.1, 0.15) is 0 Å². The van der Waals surface area contributed by atoms with Crippen LogP contribution in [0.25, 0.3) is 11.1 Å². The van der Waals surface area contributed by atoms with E-state index in [4.69, 9.17) is 9.60 Å². The molecule has 1 aliphatic carbocycles. The SMILES string of the molecule is [2H]c1c([2H])c([2H])c2c(c1[2H])-c1c([2H])c([2H])c([2H])c(C(C)(C)C)c1C2(c1ccccc1)c1ccccc1. The Balaban J connectivity index is 2.21. The minimum Gasteiger partial charge on any atom is -0.0622 e. The Morgan fingerprint density at radius 1 is 0.655 bits per heavy atom. The van der Waals surface area contributed by atoms with Crippen LogP contribution in [0.4, 0.5) is 0 Å². The normalized spacial score (nSPS) is 17.7. The van der Waals surface area contributed by atoms with Crippen LogP contribution in [0.5, 0.6) is 0 Å². The average molecular weight is 382 g/mol. The minimum absolute atomic E-state index is 0.0504. The van der Waals surface area contributed by atoms with E-state index >= 15 is 0 Å². The lowest BCUT2D eigenvalue weighted by atomic mass is 9.64. The molecular weight excluding hydrogens is 348 g/mol. The minimum atomic E-state index is -1.20. The Morgan fingerprint density at radius 2 is 1.21 bits per heavy atom. The number of rotatable bonds is 2. The van der Waals surface area contributed by atoms with E-state index in [9.17, 15) is 0 Å². The van der Waals surface area contributed by atoms with E-state index in [0.717, 1.165) is 11.1 Å². The molecule has 1 aliphatic rings. The third kappa shape index (κ3) is 2.52. The van der Waals surface area contributed by atoms with E-state index in [0.29, 0.717) is 22.3 Å². The summed E-state index contributed by atoms with van der Waals surface area (Å²) in [6, 6.07) is 17.5. The molecule has 0 atom stereocenters. The molecule has 0 saturated heterocycles. The lowest BCUT2D eigenvalue weighted by Crippen LogP contribution is -2.31. The predicted octanol–water partition coefficient (Wildman–Crippen LogP) is 7.35. The smallest absolute Gasteiger partial charge is 0.0622 e. The molecule has 0 N–H and O–H groups in total. The number of benzene rings is 4. The molecular formula is C29H26. The van der Waals surface area contributed by atoms with Gasteiger partial charge >= 0.3 is 0 Å². The molecule has 4 aromatic rings. The molecule has 0 spiro atoms. The molecule has 0 saturated carbocycles. The first kappa shape index (κ1) is 11.8. The highest BCUT2D eigenvalue weighted by Crippen LogP contribution is 2.58. The first-order valence-electron chi connectivity index (χ1n) is 13.3. The van der Waals surface area contributed by atoms with Crippen molar-refractivity contribution in [2.45, 2.75) is 31.6 Å². The molecule has 4 aromatic carbocycles. The molecule has 0 aromatic heterocycles. The van der Waals surface area contributed by atoms with Crippen molar-refractivity contribution in [3.05, 3.63) is 131 Å². The summed E-state index contributed by atoms with van der Waals surface area (Å²) in [6.45, 7) is 5.88. The maximum atomic E-state index is 9.10. The second-order valence-electron chi connectivity index (χ2n) is 8.48. The molecule has 0 radical (unpaired) electrons. The summed E-state index contributed by atoms with van der Waals surface area (Å²) in [4.78, 5) is 0. The van der Waals surface area contributed by atoms with Crippen LogP contribution in [-0.4, -0.2) is 0 Å². The zero-order valence-electron chi connectivity index (χ0n) is 23.8. The number of fused-ring (bicyclic) bond motifs is 3. The summed E-state index contributed by atoms with van der Waals surface area (Å²) in [6.07, 6.45) is 0. The van der Waals surface area contributed by atoms with Crippen LogP contribution in [0.1, 0.15) is 58.2 Å². The summed E-state index contributed by atoms with van der Waals surface area (Å²) >= 11 is 0. The number of hydrogen-bond donors (Lipinski definition) is 0. The van der Waals surface area contributed by atoms with E-state index in [1.165, 1.54) is 0 Å². The van der Waals surface area contributed by atoms with Gasteiger partial charge in [0.15, 0.2) is 0 Å². The maximum absolute atomic E-state index is 9.10.